The van der Waals surface area contributed by atoms with Crippen LogP contribution in [0.5, 0.6) is 0 Å². The Morgan fingerprint density at radius 2 is 2.16 bits per heavy atom. The van der Waals surface area contributed by atoms with E-state index in [4.69, 9.17) is 5.26 Å². The molecule has 0 atom stereocenters. The lowest BCUT2D eigenvalue weighted by molar-refractivity contribution is 0.0951. The third-order valence-corrected chi connectivity index (χ3v) is 4.34. The molecule has 1 amide bonds. The third kappa shape index (κ3) is 3.98. The van der Waals surface area contributed by atoms with Crippen molar-refractivity contribution < 1.29 is 14.3 Å². The summed E-state index contributed by atoms with van der Waals surface area (Å²) in [4.78, 5) is 16.6. The van der Waals surface area contributed by atoms with Crippen LogP contribution < -0.4 is 10.2 Å². The molecule has 1 aliphatic heterocycles. The largest absolute Gasteiger partial charge is 0.393 e. The highest BCUT2D eigenvalue weighted by atomic mass is 19.1. The van der Waals surface area contributed by atoms with Crippen molar-refractivity contribution in [2.45, 2.75) is 25.5 Å². The van der Waals surface area contributed by atoms with E-state index in [0.29, 0.717) is 48.4 Å². The fourth-order valence-electron chi connectivity index (χ4n) is 2.90. The van der Waals surface area contributed by atoms with Gasteiger partial charge in [0.05, 0.1) is 17.4 Å². The van der Waals surface area contributed by atoms with Gasteiger partial charge in [0.25, 0.3) is 5.91 Å². The number of hydrogen-bond acceptors (Lipinski definition) is 4. The van der Waals surface area contributed by atoms with Crippen molar-refractivity contribution in [1.82, 2.24) is 10.3 Å². The molecule has 0 spiro atoms. The van der Waals surface area contributed by atoms with Gasteiger partial charge >= 0.3 is 0 Å². The zero-order chi connectivity index (χ0) is 17.8. The lowest BCUT2D eigenvalue weighted by Gasteiger charge is -2.31. The quantitative estimate of drug-likeness (QED) is 0.791. The Balaban J connectivity index is 1.61. The van der Waals surface area contributed by atoms with E-state index >= 15 is 0 Å². The van der Waals surface area contributed by atoms with E-state index in [0.717, 1.165) is 0 Å². The molecule has 2 aromatic rings. The number of carbonyl (C=O) groups is 1. The fraction of sp³-hybridized carbons (Fsp3) is 0.333. The molecule has 0 bridgehead atoms. The molecule has 1 fully saturated rings. The van der Waals surface area contributed by atoms with E-state index in [9.17, 15) is 14.3 Å². The van der Waals surface area contributed by atoms with Gasteiger partial charge in [-0.05, 0) is 36.6 Å². The maximum atomic E-state index is 14.4. The smallest absolute Gasteiger partial charge is 0.253 e. The minimum Gasteiger partial charge on any atom is -0.393 e. The maximum Gasteiger partial charge on any atom is 0.253 e. The number of nitrogens with one attached hydrogen (secondary N) is 2. The van der Waals surface area contributed by atoms with E-state index in [-0.39, 0.29) is 24.4 Å². The lowest BCUT2D eigenvalue weighted by Crippen LogP contribution is -2.36. The van der Waals surface area contributed by atoms with Crippen molar-refractivity contribution in [2.24, 2.45) is 0 Å². The van der Waals surface area contributed by atoms with Crippen LogP contribution >= 0.6 is 0 Å². The summed E-state index contributed by atoms with van der Waals surface area (Å²) in [5.74, 6) is -0.663. The molecule has 1 saturated heterocycles. The third-order valence-electron chi connectivity index (χ3n) is 4.34. The monoisotopic (exact) mass is 342 g/mol. The van der Waals surface area contributed by atoms with Gasteiger partial charge in [-0.3, -0.25) is 4.79 Å². The van der Waals surface area contributed by atoms with Gasteiger partial charge in [-0.15, -0.1) is 0 Å². The van der Waals surface area contributed by atoms with Crippen LogP contribution in [0.4, 0.5) is 10.1 Å². The first-order chi connectivity index (χ1) is 12.1. The number of halogens is 1. The topological polar surface area (TPSA) is 92.2 Å². The number of benzene rings is 1. The molecule has 6 nitrogen and oxygen atoms in total. The maximum absolute atomic E-state index is 14.4. The summed E-state index contributed by atoms with van der Waals surface area (Å²) in [6.07, 6.45) is 2.43. The van der Waals surface area contributed by atoms with Crippen LogP contribution in [0.25, 0.3) is 0 Å². The van der Waals surface area contributed by atoms with E-state index in [1.807, 2.05) is 11.0 Å². The van der Waals surface area contributed by atoms with Crippen LogP contribution in [-0.4, -0.2) is 35.2 Å². The van der Waals surface area contributed by atoms with E-state index in [2.05, 4.69) is 10.3 Å². The van der Waals surface area contributed by atoms with Gasteiger partial charge in [0.1, 0.15) is 17.6 Å². The van der Waals surface area contributed by atoms with Crippen molar-refractivity contribution in [3.63, 3.8) is 0 Å². The molecule has 0 radical (unpaired) electrons. The van der Waals surface area contributed by atoms with E-state index in [1.165, 1.54) is 18.3 Å². The molecule has 25 heavy (non-hydrogen) atoms. The highest BCUT2D eigenvalue weighted by molar-refractivity contribution is 5.94. The number of aromatic amines is 1. The number of nitriles is 1. The van der Waals surface area contributed by atoms with Crippen LogP contribution in [0.15, 0.2) is 30.5 Å². The highest BCUT2D eigenvalue weighted by Crippen LogP contribution is 2.24. The van der Waals surface area contributed by atoms with E-state index < -0.39 is 0 Å². The molecule has 0 saturated carbocycles. The summed E-state index contributed by atoms with van der Waals surface area (Å²) in [5.41, 5.74) is 1.85. The van der Waals surface area contributed by atoms with Crippen molar-refractivity contribution in [2.75, 3.05) is 18.0 Å². The Labute approximate surface area is 144 Å². The summed E-state index contributed by atoms with van der Waals surface area (Å²) in [6, 6.07) is 8.28. The summed E-state index contributed by atoms with van der Waals surface area (Å²) >= 11 is 0. The minimum absolute atomic E-state index is 0.196. The zero-order valence-corrected chi connectivity index (χ0v) is 13.6. The van der Waals surface area contributed by atoms with Crippen LogP contribution in [0, 0.1) is 17.1 Å². The van der Waals surface area contributed by atoms with Gasteiger partial charge in [-0.1, -0.05) is 6.07 Å². The number of amides is 1. The molecule has 1 aromatic carbocycles. The Bertz CT molecular complexity index is 804. The Morgan fingerprint density at radius 3 is 2.80 bits per heavy atom. The number of anilines is 1. The lowest BCUT2D eigenvalue weighted by atomic mass is 10.1. The number of nitrogens with zero attached hydrogens (tertiary/aromatic N) is 2. The number of aromatic nitrogens is 1. The average Bonchev–Trinajstić information content (AvgIpc) is 3.10. The number of hydrogen-bond donors (Lipinski definition) is 3. The number of piperidine rings is 1. The second-order valence-corrected chi connectivity index (χ2v) is 6.10. The summed E-state index contributed by atoms with van der Waals surface area (Å²) in [6.45, 7) is 1.45. The molecule has 1 aromatic heterocycles. The normalized spacial score (nSPS) is 15.0. The van der Waals surface area contributed by atoms with E-state index in [1.54, 1.807) is 12.1 Å². The standard InChI is InChI=1S/C18H19FN4O2/c19-16-7-12(1-2-17(16)23-5-3-15(24)4-6-23)10-22-18(25)13-8-14(9-20)21-11-13/h1-2,7-8,11,15,21,24H,3-6,10H2,(H,22,25). The molecule has 7 heteroatoms. The molecule has 2 heterocycles. The summed E-state index contributed by atoms with van der Waals surface area (Å²) in [7, 11) is 0. The molecule has 3 N–H and O–H groups in total. The molecular weight excluding hydrogens is 323 g/mol. The highest BCUT2D eigenvalue weighted by Gasteiger charge is 2.19. The Morgan fingerprint density at radius 1 is 1.40 bits per heavy atom. The van der Waals surface area contributed by atoms with Crippen molar-refractivity contribution in [1.29, 1.82) is 5.26 Å². The van der Waals surface area contributed by atoms with Gasteiger partial charge in [0, 0.05) is 25.8 Å². The predicted molar refractivity (Wildman–Crippen MR) is 90.5 cm³/mol. The van der Waals surface area contributed by atoms with Crippen molar-refractivity contribution in [3.05, 3.63) is 53.1 Å². The fourth-order valence-corrected chi connectivity index (χ4v) is 2.90. The molecule has 0 aliphatic carbocycles. The van der Waals surface area contributed by atoms with Crippen molar-refractivity contribution in [3.8, 4) is 6.07 Å². The molecule has 0 unspecified atom stereocenters. The molecule has 130 valence electrons. The second-order valence-electron chi connectivity index (χ2n) is 6.10. The molecular formula is C18H19FN4O2. The van der Waals surface area contributed by atoms with Crippen LogP contribution in [0.3, 0.4) is 0 Å². The first-order valence-electron chi connectivity index (χ1n) is 8.15. The second kappa shape index (κ2) is 7.36. The SMILES string of the molecule is N#Cc1cc(C(=O)NCc2ccc(N3CCC(O)CC3)c(F)c2)c[nH]1. The van der Waals surface area contributed by atoms with Gasteiger partial charge in [-0.2, -0.15) is 5.26 Å². The number of aliphatic hydroxyl groups is 1. The van der Waals surface area contributed by atoms with Gasteiger partial charge in [0.2, 0.25) is 0 Å². The van der Waals surface area contributed by atoms with Gasteiger partial charge in [-0.25, -0.2) is 4.39 Å². The van der Waals surface area contributed by atoms with Gasteiger partial charge < -0.3 is 20.3 Å². The summed E-state index contributed by atoms with van der Waals surface area (Å²) < 4.78 is 14.4. The molecule has 3 rings (SSSR count). The number of H-pyrrole nitrogens is 1. The number of aliphatic hydroxyl groups excluding tert-OH is 1. The minimum atomic E-state index is -0.337. The summed E-state index contributed by atoms with van der Waals surface area (Å²) in [5, 5.41) is 21.0. The van der Waals surface area contributed by atoms with Crippen LogP contribution in [0.2, 0.25) is 0 Å². The number of rotatable bonds is 4. The first kappa shape index (κ1) is 17.0. The molecule has 1 aliphatic rings. The zero-order valence-electron chi connectivity index (χ0n) is 13.6. The van der Waals surface area contributed by atoms with Gasteiger partial charge in [0.15, 0.2) is 0 Å². The van der Waals surface area contributed by atoms with Crippen LogP contribution in [-0.2, 0) is 6.54 Å². The Kier molecular flexibility index (Phi) is 5.00. The van der Waals surface area contributed by atoms with Crippen LogP contribution in [0.1, 0.15) is 34.5 Å². The Hall–Kier alpha value is -2.85. The average molecular weight is 342 g/mol. The predicted octanol–water partition coefficient (Wildman–Crippen LogP) is 1.92. The first-order valence-corrected chi connectivity index (χ1v) is 8.15. The van der Waals surface area contributed by atoms with Crippen molar-refractivity contribution >= 4 is 11.6 Å². The number of carbonyl (C=O) groups excluding carboxylic acids is 1.